The molecule has 1 fully saturated rings. The van der Waals surface area contributed by atoms with Gasteiger partial charge >= 0.3 is 0 Å². The molecule has 31 heavy (non-hydrogen) atoms. The van der Waals surface area contributed by atoms with Crippen LogP contribution in [0.3, 0.4) is 0 Å². The largest absolute Gasteiger partial charge is 0.506 e. The fourth-order valence-corrected chi connectivity index (χ4v) is 5.30. The van der Waals surface area contributed by atoms with Crippen molar-refractivity contribution in [3.05, 3.63) is 48.5 Å². The number of hydrogen-bond acceptors (Lipinski definition) is 5. The Morgan fingerprint density at radius 1 is 1.03 bits per heavy atom. The van der Waals surface area contributed by atoms with Crippen LogP contribution in [-0.2, 0) is 9.59 Å². The Kier molecular flexibility index (Phi) is 6.83. The molecule has 7 heteroatoms. The smallest absolute Gasteiger partial charge is 0.241 e. The summed E-state index contributed by atoms with van der Waals surface area (Å²) in [5, 5.41) is 13.2. The number of rotatable bonds is 4. The first-order chi connectivity index (χ1) is 15.0. The van der Waals surface area contributed by atoms with Gasteiger partial charge in [-0.2, -0.15) is 0 Å². The van der Waals surface area contributed by atoms with Gasteiger partial charge in [0.2, 0.25) is 11.8 Å². The number of para-hydroxylation sites is 3. The number of piperidine rings is 1. The van der Waals surface area contributed by atoms with Crippen molar-refractivity contribution in [2.24, 2.45) is 5.92 Å². The highest BCUT2D eigenvalue weighted by Crippen LogP contribution is 2.37. The van der Waals surface area contributed by atoms with Gasteiger partial charge in [0.25, 0.3) is 0 Å². The van der Waals surface area contributed by atoms with Gasteiger partial charge in [0.05, 0.1) is 17.9 Å². The number of thioether (sulfide) groups is 1. The molecule has 0 saturated carbocycles. The highest BCUT2D eigenvalue weighted by molar-refractivity contribution is 8.00. The molecule has 0 spiro atoms. The van der Waals surface area contributed by atoms with E-state index in [1.165, 1.54) is 4.90 Å². The Morgan fingerprint density at radius 2 is 1.74 bits per heavy atom. The van der Waals surface area contributed by atoms with E-state index in [0.29, 0.717) is 43.4 Å². The van der Waals surface area contributed by atoms with Crippen LogP contribution in [0, 0.1) is 5.92 Å². The zero-order valence-electron chi connectivity index (χ0n) is 17.8. The summed E-state index contributed by atoms with van der Waals surface area (Å²) >= 11 is 1.84. The fraction of sp³-hybridized carbons (Fsp3) is 0.417. The van der Waals surface area contributed by atoms with Gasteiger partial charge in [-0.1, -0.05) is 31.2 Å². The minimum atomic E-state index is -0.109. The van der Waals surface area contributed by atoms with Crippen LogP contribution in [-0.4, -0.2) is 53.2 Å². The number of likely N-dealkylation sites (tertiary alicyclic amines) is 1. The van der Waals surface area contributed by atoms with E-state index in [1.54, 1.807) is 24.3 Å². The topological polar surface area (TPSA) is 72.9 Å². The molecule has 2 aliphatic rings. The lowest BCUT2D eigenvalue weighted by atomic mass is 9.95. The molecule has 0 bridgehead atoms. The Labute approximate surface area is 187 Å². The number of amides is 2. The highest BCUT2D eigenvalue weighted by atomic mass is 32.2. The van der Waals surface area contributed by atoms with Gasteiger partial charge < -0.3 is 15.3 Å². The van der Waals surface area contributed by atoms with Crippen molar-refractivity contribution in [1.82, 2.24) is 4.90 Å². The molecule has 4 rings (SSSR count). The number of phenols is 1. The summed E-state index contributed by atoms with van der Waals surface area (Å²) in [6, 6.07) is 14.9. The Bertz CT molecular complexity index is 943. The molecule has 2 amide bonds. The number of phenolic OH excluding ortho intramolecular Hbond substituents is 1. The van der Waals surface area contributed by atoms with Crippen LogP contribution in [0.5, 0.6) is 5.75 Å². The lowest BCUT2D eigenvalue weighted by molar-refractivity contribution is -0.122. The molecule has 0 aromatic heterocycles. The summed E-state index contributed by atoms with van der Waals surface area (Å²) in [5.74, 6) is 0.0189. The number of aromatic hydroxyl groups is 1. The molecule has 0 aliphatic carbocycles. The van der Waals surface area contributed by atoms with Crippen LogP contribution in [0.2, 0.25) is 0 Å². The fourth-order valence-electron chi connectivity index (χ4n) is 4.19. The average molecular weight is 440 g/mol. The Hall–Kier alpha value is -2.51. The molecule has 2 aromatic carbocycles. The van der Waals surface area contributed by atoms with Crippen LogP contribution in [0.15, 0.2) is 53.4 Å². The first-order valence-corrected chi connectivity index (χ1v) is 11.8. The summed E-state index contributed by atoms with van der Waals surface area (Å²) in [6.07, 6.45) is 2.38. The van der Waals surface area contributed by atoms with Gasteiger partial charge in [-0.3, -0.25) is 14.5 Å². The van der Waals surface area contributed by atoms with Crippen molar-refractivity contribution in [2.45, 2.75) is 36.3 Å². The number of carbonyl (C=O) groups is 2. The van der Waals surface area contributed by atoms with Crippen molar-refractivity contribution >= 4 is 35.0 Å². The molecule has 1 saturated heterocycles. The SMILES string of the molecule is C[C@H]1CCN(C(=O)CN2CCC(C(=O)Nc3ccccc3O)CC2)c2ccccc2S1. The van der Waals surface area contributed by atoms with Crippen molar-refractivity contribution in [1.29, 1.82) is 0 Å². The summed E-state index contributed by atoms with van der Waals surface area (Å²) in [7, 11) is 0. The van der Waals surface area contributed by atoms with E-state index in [4.69, 9.17) is 0 Å². The van der Waals surface area contributed by atoms with Gasteiger partial charge in [-0.05, 0) is 56.6 Å². The van der Waals surface area contributed by atoms with E-state index in [9.17, 15) is 14.7 Å². The predicted octanol–water partition coefficient (Wildman–Crippen LogP) is 3.96. The minimum Gasteiger partial charge on any atom is -0.506 e. The van der Waals surface area contributed by atoms with Crippen LogP contribution >= 0.6 is 11.8 Å². The normalized spacial score (nSPS) is 20.0. The maximum atomic E-state index is 13.2. The second kappa shape index (κ2) is 9.75. The number of carbonyl (C=O) groups excluding carboxylic acids is 2. The van der Waals surface area contributed by atoms with E-state index in [2.05, 4.69) is 23.2 Å². The third-order valence-corrected chi connectivity index (χ3v) is 7.26. The number of anilines is 2. The quantitative estimate of drug-likeness (QED) is 0.706. The van der Waals surface area contributed by atoms with E-state index >= 15 is 0 Å². The van der Waals surface area contributed by atoms with E-state index in [1.807, 2.05) is 34.9 Å². The molecule has 2 heterocycles. The summed E-state index contributed by atoms with van der Waals surface area (Å²) < 4.78 is 0. The molecule has 6 nitrogen and oxygen atoms in total. The number of benzene rings is 2. The molecule has 2 aliphatic heterocycles. The lowest BCUT2D eigenvalue weighted by Crippen LogP contribution is -2.45. The van der Waals surface area contributed by atoms with Gasteiger partial charge in [0.15, 0.2) is 0 Å². The zero-order valence-corrected chi connectivity index (χ0v) is 18.6. The minimum absolute atomic E-state index is 0.0695. The Balaban J connectivity index is 1.32. The maximum Gasteiger partial charge on any atom is 0.241 e. The highest BCUT2D eigenvalue weighted by Gasteiger charge is 2.29. The van der Waals surface area contributed by atoms with Gasteiger partial charge in [0, 0.05) is 22.6 Å². The van der Waals surface area contributed by atoms with E-state index in [-0.39, 0.29) is 23.5 Å². The van der Waals surface area contributed by atoms with Crippen LogP contribution < -0.4 is 10.2 Å². The number of hydrogen-bond donors (Lipinski definition) is 2. The standard InChI is InChI=1S/C24H29N3O3S/c1-17-10-15-27(20-7-3-5-9-22(20)31-17)23(29)16-26-13-11-18(12-14-26)24(30)25-19-6-2-4-8-21(19)28/h2-9,17-18,28H,10-16H2,1H3,(H,25,30)/t17-/m0/s1. The van der Waals surface area contributed by atoms with Gasteiger partial charge in [-0.15, -0.1) is 11.8 Å². The predicted molar refractivity (Wildman–Crippen MR) is 125 cm³/mol. The summed E-state index contributed by atoms with van der Waals surface area (Å²) in [6.45, 7) is 4.75. The van der Waals surface area contributed by atoms with Crippen molar-refractivity contribution < 1.29 is 14.7 Å². The summed E-state index contributed by atoms with van der Waals surface area (Å²) in [5.41, 5.74) is 1.45. The molecule has 164 valence electrons. The number of nitrogens with zero attached hydrogens (tertiary/aromatic N) is 2. The monoisotopic (exact) mass is 439 g/mol. The van der Waals surface area contributed by atoms with Gasteiger partial charge in [0.1, 0.15) is 5.75 Å². The van der Waals surface area contributed by atoms with Crippen molar-refractivity contribution in [2.75, 3.05) is 36.4 Å². The second-order valence-electron chi connectivity index (χ2n) is 8.29. The van der Waals surface area contributed by atoms with Crippen molar-refractivity contribution in [3.63, 3.8) is 0 Å². The van der Waals surface area contributed by atoms with Crippen LogP contribution in [0.1, 0.15) is 26.2 Å². The third kappa shape index (κ3) is 5.22. The second-order valence-corrected chi connectivity index (χ2v) is 9.77. The molecule has 0 radical (unpaired) electrons. The molecular formula is C24H29N3O3S. The van der Waals surface area contributed by atoms with Crippen LogP contribution in [0.25, 0.3) is 0 Å². The zero-order chi connectivity index (χ0) is 21.8. The van der Waals surface area contributed by atoms with E-state index < -0.39 is 0 Å². The molecule has 2 N–H and O–H groups in total. The first kappa shape index (κ1) is 21.7. The number of fused-ring (bicyclic) bond motifs is 1. The summed E-state index contributed by atoms with van der Waals surface area (Å²) in [4.78, 5) is 31.0. The average Bonchev–Trinajstić information content (AvgIpc) is 2.94. The lowest BCUT2D eigenvalue weighted by Gasteiger charge is -2.32. The molecular weight excluding hydrogens is 410 g/mol. The van der Waals surface area contributed by atoms with Gasteiger partial charge in [-0.25, -0.2) is 0 Å². The molecule has 0 unspecified atom stereocenters. The third-order valence-electron chi connectivity index (χ3n) is 6.02. The van der Waals surface area contributed by atoms with E-state index in [0.717, 1.165) is 18.7 Å². The van der Waals surface area contributed by atoms with Crippen molar-refractivity contribution in [3.8, 4) is 5.75 Å². The molecule has 2 aromatic rings. The van der Waals surface area contributed by atoms with Crippen LogP contribution in [0.4, 0.5) is 11.4 Å². The Morgan fingerprint density at radius 3 is 2.52 bits per heavy atom. The molecule has 1 atom stereocenters. The first-order valence-electron chi connectivity index (χ1n) is 10.9. The number of nitrogens with one attached hydrogen (secondary N) is 1. The maximum absolute atomic E-state index is 13.2.